The highest BCUT2D eigenvalue weighted by atomic mass is 16.5. The number of methoxy groups -OCH3 is 1. The lowest BCUT2D eigenvalue weighted by Crippen LogP contribution is -2.34. The van der Waals surface area contributed by atoms with Gasteiger partial charge in [0.2, 0.25) is 5.88 Å². The lowest BCUT2D eigenvalue weighted by Gasteiger charge is -2.30. The molecule has 100 valence electrons. The summed E-state index contributed by atoms with van der Waals surface area (Å²) in [5.74, 6) is 2.12. The summed E-state index contributed by atoms with van der Waals surface area (Å²) < 4.78 is 5.10. The molecule has 18 heavy (non-hydrogen) atoms. The van der Waals surface area contributed by atoms with Crippen LogP contribution in [0.4, 0.5) is 0 Å². The van der Waals surface area contributed by atoms with Crippen LogP contribution in [-0.2, 0) is 6.42 Å². The van der Waals surface area contributed by atoms with E-state index in [9.17, 15) is 0 Å². The minimum absolute atomic E-state index is 0.206. The van der Waals surface area contributed by atoms with Crippen molar-refractivity contribution < 1.29 is 4.74 Å². The highest BCUT2D eigenvalue weighted by Gasteiger charge is 2.24. The predicted molar refractivity (Wildman–Crippen MR) is 71.4 cm³/mol. The Morgan fingerprint density at radius 1 is 1.33 bits per heavy atom. The molecule has 0 aromatic carbocycles. The van der Waals surface area contributed by atoms with Gasteiger partial charge in [0.05, 0.1) is 7.11 Å². The van der Waals surface area contributed by atoms with Crippen LogP contribution in [0.25, 0.3) is 0 Å². The third-order valence-corrected chi connectivity index (χ3v) is 4.02. The Morgan fingerprint density at radius 3 is 2.72 bits per heavy atom. The fourth-order valence-electron chi connectivity index (χ4n) is 2.72. The van der Waals surface area contributed by atoms with Crippen LogP contribution in [-0.4, -0.2) is 23.1 Å². The molecule has 1 aliphatic carbocycles. The lowest BCUT2D eigenvalue weighted by molar-refractivity contribution is 0.252. The van der Waals surface area contributed by atoms with Gasteiger partial charge < -0.3 is 10.5 Å². The van der Waals surface area contributed by atoms with Crippen molar-refractivity contribution >= 4 is 0 Å². The van der Waals surface area contributed by atoms with Crippen LogP contribution in [0.15, 0.2) is 12.4 Å². The first-order valence-corrected chi connectivity index (χ1v) is 6.79. The monoisotopic (exact) mass is 249 g/mol. The highest BCUT2D eigenvalue weighted by molar-refractivity contribution is 5.14. The summed E-state index contributed by atoms with van der Waals surface area (Å²) in [6.45, 7) is 2.33. The van der Waals surface area contributed by atoms with Crippen molar-refractivity contribution in [3.63, 3.8) is 0 Å². The smallest absolute Gasteiger partial charge is 0.216 e. The Balaban J connectivity index is 1.91. The van der Waals surface area contributed by atoms with Gasteiger partial charge in [0, 0.05) is 24.2 Å². The van der Waals surface area contributed by atoms with Gasteiger partial charge in [-0.25, -0.2) is 9.97 Å². The molecule has 0 amide bonds. The quantitative estimate of drug-likeness (QED) is 0.888. The molecule has 1 atom stereocenters. The molecule has 0 radical (unpaired) electrons. The minimum Gasteiger partial charge on any atom is -0.481 e. The SMILES string of the molecule is COc1cc(CC(N)C2CCC(C)CC2)ncn1. The molecular weight excluding hydrogens is 226 g/mol. The van der Waals surface area contributed by atoms with Gasteiger partial charge in [-0.1, -0.05) is 19.8 Å². The van der Waals surface area contributed by atoms with Gasteiger partial charge in [0.15, 0.2) is 0 Å². The molecule has 1 unspecified atom stereocenters. The Bertz CT molecular complexity index is 375. The maximum Gasteiger partial charge on any atom is 0.216 e. The lowest BCUT2D eigenvalue weighted by atomic mass is 9.78. The maximum absolute atomic E-state index is 6.32. The van der Waals surface area contributed by atoms with Gasteiger partial charge in [-0.3, -0.25) is 0 Å². The highest BCUT2D eigenvalue weighted by Crippen LogP contribution is 2.30. The first-order chi connectivity index (χ1) is 8.69. The van der Waals surface area contributed by atoms with Crippen molar-refractivity contribution in [1.29, 1.82) is 0 Å². The summed E-state index contributed by atoms with van der Waals surface area (Å²) in [6.07, 6.45) is 7.49. The Hall–Kier alpha value is -1.16. The average molecular weight is 249 g/mol. The summed E-state index contributed by atoms with van der Waals surface area (Å²) in [4.78, 5) is 8.28. The molecule has 1 aromatic rings. The van der Waals surface area contributed by atoms with Crippen LogP contribution < -0.4 is 10.5 Å². The predicted octanol–water partition coefficient (Wildman–Crippen LogP) is 2.18. The van der Waals surface area contributed by atoms with Gasteiger partial charge in [-0.2, -0.15) is 0 Å². The van der Waals surface area contributed by atoms with Gasteiger partial charge in [-0.05, 0) is 24.7 Å². The molecule has 1 aromatic heterocycles. The number of rotatable bonds is 4. The summed E-state index contributed by atoms with van der Waals surface area (Å²) in [7, 11) is 1.62. The van der Waals surface area contributed by atoms with E-state index < -0.39 is 0 Å². The van der Waals surface area contributed by atoms with Crippen molar-refractivity contribution in [1.82, 2.24) is 9.97 Å². The summed E-state index contributed by atoms with van der Waals surface area (Å²) in [5, 5.41) is 0. The van der Waals surface area contributed by atoms with E-state index in [1.807, 2.05) is 6.07 Å². The van der Waals surface area contributed by atoms with E-state index in [1.165, 1.54) is 25.7 Å². The number of nitrogens with zero attached hydrogens (tertiary/aromatic N) is 2. The Labute approximate surface area is 109 Å². The number of hydrogen-bond acceptors (Lipinski definition) is 4. The summed E-state index contributed by atoms with van der Waals surface area (Å²) in [6, 6.07) is 2.09. The minimum atomic E-state index is 0.206. The normalized spacial score (nSPS) is 25.7. The Morgan fingerprint density at radius 2 is 2.06 bits per heavy atom. The Kier molecular flexibility index (Phi) is 4.53. The molecule has 0 bridgehead atoms. The second-order valence-electron chi connectivity index (χ2n) is 5.44. The zero-order valence-electron chi connectivity index (χ0n) is 11.3. The average Bonchev–Trinajstić information content (AvgIpc) is 2.39. The number of aromatic nitrogens is 2. The molecule has 0 aliphatic heterocycles. The standard InChI is InChI=1S/C14H23N3O/c1-10-3-5-11(6-4-10)13(15)7-12-8-14(18-2)17-9-16-12/h8-11,13H,3-7,15H2,1-2H3. The molecule has 1 heterocycles. The second-order valence-corrected chi connectivity index (χ2v) is 5.44. The van der Waals surface area contributed by atoms with Crippen molar-refractivity contribution in [3.05, 3.63) is 18.1 Å². The zero-order chi connectivity index (χ0) is 13.0. The number of ether oxygens (including phenoxy) is 1. The first-order valence-electron chi connectivity index (χ1n) is 6.79. The van der Waals surface area contributed by atoms with Gasteiger partial charge >= 0.3 is 0 Å². The van der Waals surface area contributed by atoms with Gasteiger partial charge in [-0.15, -0.1) is 0 Å². The van der Waals surface area contributed by atoms with Gasteiger partial charge in [0.25, 0.3) is 0 Å². The maximum atomic E-state index is 6.32. The molecule has 2 N–H and O–H groups in total. The second kappa shape index (κ2) is 6.14. The van der Waals surface area contributed by atoms with E-state index >= 15 is 0 Å². The van der Waals surface area contributed by atoms with Gasteiger partial charge in [0.1, 0.15) is 6.33 Å². The van der Waals surface area contributed by atoms with E-state index in [0.29, 0.717) is 11.8 Å². The van der Waals surface area contributed by atoms with Crippen molar-refractivity contribution in [2.75, 3.05) is 7.11 Å². The molecule has 0 spiro atoms. The summed E-state index contributed by atoms with van der Waals surface area (Å²) in [5.41, 5.74) is 7.30. The molecule has 0 saturated heterocycles. The molecule has 1 aliphatic rings. The third-order valence-electron chi connectivity index (χ3n) is 4.02. The van der Waals surface area contributed by atoms with Crippen LogP contribution in [0.3, 0.4) is 0 Å². The first kappa shape index (κ1) is 13.3. The van der Waals surface area contributed by atoms with E-state index in [1.54, 1.807) is 13.4 Å². The van der Waals surface area contributed by atoms with Crippen LogP contribution in [0.5, 0.6) is 5.88 Å². The van der Waals surface area contributed by atoms with E-state index in [0.717, 1.165) is 18.0 Å². The fourth-order valence-corrected chi connectivity index (χ4v) is 2.72. The third kappa shape index (κ3) is 3.42. The molecule has 1 saturated carbocycles. The molecule has 4 nitrogen and oxygen atoms in total. The molecular formula is C14H23N3O. The van der Waals surface area contributed by atoms with Crippen LogP contribution >= 0.6 is 0 Å². The molecule has 4 heteroatoms. The topological polar surface area (TPSA) is 61.0 Å². The van der Waals surface area contributed by atoms with Crippen LogP contribution in [0.2, 0.25) is 0 Å². The largest absolute Gasteiger partial charge is 0.481 e. The molecule has 1 fully saturated rings. The van der Waals surface area contributed by atoms with Crippen molar-refractivity contribution in [3.8, 4) is 5.88 Å². The fraction of sp³-hybridized carbons (Fsp3) is 0.714. The van der Waals surface area contributed by atoms with E-state index in [4.69, 9.17) is 10.5 Å². The number of hydrogen-bond donors (Lipinski definition) is 1. The van der Waals surface area contributed by atoms with E-state index in [-0.39, 0.29) is 6.04 Å². The number of nitrogens with two attached hydrogens (primary N) is 1. The van der Waals surface area contributed by atoms with E-state index in [2.05, 4.69) is 16.9 Å². The zero-order valence-corrected chi connectivity index (χ0v) is 11.3. The van der Waals surface area contributed by atoms with Crippen molar-refractivity contribution in [2.45, 2.75) is 45.1 Å². The van der Waals surface area contributed by atoms with Crippen LogP contribution in [0.1, 0.15) is 38.3 Å². The summed E-state index contributed by atoms with van der Waals surface area (Å²) >= 11 is 0. The molecule has 2 rings (SSSR count). The van der Waals surface area contributed by atoms with Crippen molar-refractivity contribution in [2.24, 2.45) is 17.6 Å². The van der Waals surface area contributed by atoms with Crippen LogP contribution in [0, 0.1) is 11.8 Å².